The number of alkyl halides is 3. The fraction of sp³-hybridized carbons (Fsp3) is 0.0833. The quantitative estimate of drug-likeness (QED) is 0.251. The van der Waals surface area contributed by atoms with Crippen molar-refractivity contribution in [3.63, 3.8) is 0 Å². The summed E-state index contributed by atoms with van der Waals surface area (Å²) >= 11 is 6.07. The summed E-state index contributed by atoms with van der Waals surface area (Å²) in [6, 6.07) is 14.4. The second-order valence-corrected chi connectivity index (χ2v) is 7.60. The maximum absolute atomic E-state index is 13.4. The number of nitrogens with zero attached hydrogens (tertiary/aromatic N) is 1. The van der Waals surface area contributed by atoms with Gasteiger partial charge in [-0.1, -0.05) is 35.9 Å². The Hall–Kier alpha value is -4.05. The van der Waals surface area contributed by atoms with Crippen molar-refractivity contribution in [2.45, 2.75) is 12.6 Å². The maximum atomic E-state index is 13.4. The number of hydrogen-bond donors (Lipinski definition) is 3. The Labute approximate surface area is 201 Å². The monoisotopic (exact) mass is 505 g/mol. The molecule has 3 rings (SSSR count). The summed E-state index contributed by atoms with van der Waals surface area (Å²) in [5.74, 6) is -2.96. The molecule has 35 heavy (non-hydrogen) atoms. The molecule has 0 unspecified atom stereocenters. The number of amides is 1. The highest BCUT2D eigenvalue weighted by Crippen LogP contribution is 2.27. The number of nitrogens with one attached hydrogen (secondary N) is 2. The highest BCUT2D eigenvalue weighted by atomic mass is 35.5. The largest absolute Gasteiger partial charge is 0.478 e. The van der Waals surface area contributed by atoms with Crippen LogP contribution in [-0.2, 0) is 0 Å². The average molecular weight is 506 g/mol. The molecule has 0 spiro atoms. The Morgan fingerprint density at radius 1 is 1.00 bits per heavy atom. The molecule has 0 saturated carbocycles. The van der Waals surface area contributed by atoms with E-state index in [-0.39, 0.29) is 33.2 Å². The van der Waals surface area contributed by atoms with Gasteiger partial charge in [-0.25, -0.2) is 9.18 Å². The maximum Gasteiger partial charge on any atom is 0.429 e. The third-order valence-corrected chi connectivity index (χ3v) is 5.05. The van der Waals surface area contributed by atoms with Crippen LogP contribution in [0, 0.1) is 11.2 Å². The molecule has 0 atom stereocenters. The molecule has 3 N–H and O–H groups in total. The van der Waals surface area contributed by atoms with Crippen LogP contribution in [0.3, 0.4) is 0 Å². The summed E-state index contributed by atoms with van der Waals surface area (Å²) < 4.78 is 52.4. The van der Waals surface area contributed by atoms with Crippen molar-refractivity contribution >= 4 is 46.3 Å². The van der Waals surface area contributed by atoms with Gasteiger partial charge in [-0.3, -0.25) is 9.79 Å². The molecule has 0 heterocycles. The van der Waals surface area contributed by atoms with Crippen LogP contribution in [0.1, 0.15) is 32.7 Å². The first-order valence-corrected chi connectivity index (χ1v) is 10.2. The van der Waals surface area contributed by atoms with Crippen LogP contribution in [-0.4, -0.2) is 34.6 Å². The number of hydrogen-bond acceptors (Lipinski definition) is 4. The molecule has 0 aliphatic heterocycles. The first kappa shape index (κ1) is 25.6. The number of aromatic carboxylic acids is 1. The zero-order chi connectivity index (χ0) is 25.8. The van der Waals surface area contributed by atoms with Crippen molar-refractivity contribution < 1.29 is 32.3 Å². The topological polar surface area (TPSA) is 103 Å². The second-order valence-electron chi connectivity index (χ2n) is 7.19. The van der Waals surface area contributed by atoms with Gasteiger partial charge in [0.2, 0.25) is 0 Å². The van der Waals surface area contributed by atoms with Crippen molar-refractivity contribution in [2.24, 2.45) is 4.99 Å². The molecule has 3 aromatic rings. The zero-order valence-corrected chi connectivity index (χ0v) is 18.4. The van der Waals surface area contributed by atoms with Gasteiger partial charge in [0.1, 0.15) is 11.5 Å². The molecule has 0 aliphatic carbocycles. The summed E-state index contributed by atoms with van der Waals surface area (Å²) in [6.07, 6.45) is -5.68. The number of halogens is 5. The molecular weight excluding hydrogens is 490 g/mol. The van der Waals surface area contributed by atoms with E-state index in [0.717, 1.165) is 18.2 Å². The van der Waals surface area contributed by atoms with Crippen molar-refractivity contribution in [1.29, 1.82) is 5.41 Å². The third-order valence-electron chi connectivity index (χ3n) is 4.73. The number of carbonyl (C=O) groups is 2. The molecule has 180 valence electrons. The molecule has 0 aliphatic rings. The number of benzene rings is 3. The number of aliphatic imine (C=N–C) groups is 1. The van der Waals surface area contributed by atoms with E-state index < -0.39 is 41.6 Å². The smallest absolute Gasteiger partial charge is 0.429 e. The minimum absolute atomic E-state index is 0.0532. The summed E-state index contributed by atoms with van der Waals surface area (Å²) in [4.78, 5) is 28.1. The van der Waals surface area contributed by atoms with Crippen molar-refractivity contribution in [3.8, 4) is 0 Å². The summed E-state index contributed by atoms with van der Waals surface area (Å²) in [6.45, 7) is 0. The van der Waals surface area contributed by atoms with Gasteiger partial charge in [0.05, 0.1) is 27.7 Å². The standard InChI is InChI=1S/C24H16ClF4N3O3/c25-17-3-1-2-4-19(17)31-20(12-21(30)24(27,28)29)13-5-7-14(8-6-13)22(33)32-18-10-9-15(26)11-16(18)23(34)35/h1-11,30H,12H2,(H,32,33)(H,34,35). The van der Waals surface area contributed by atoms with Crippen LogP contribution in [0.5, 0.6) is 0 Å². The van der Waals surface area contributed by atoms with E-state index in [0.29, 0.717) is 0 Å². The van der Waals surface area contributed by atoms with E-state index in [1.165, 1.54) is 36.4 Å². The molecule has 11 heteroatoms. The van der Waals surface area contributed by atoms with Crippen molar-refractivity contribution in [2.75, 3.05) is 5.32 Å². The minimum atomic E-state index is -4.85. The van der Waals surface area contributed by atoms with Crippen LogP contribution < -0.4 is 5.32 Å². The molecule has 0 aromatic heterocycles. The molecule has 0 fully saturated rings. The molecule has 0 saturated heterocycles. The summed E-state index contributed by atoms with van der Waals surface area (Å²) in [5, 5.41) is 19.1. The Kier molecular flexibility index (Phi) is 7.65. The van der Waals surface area contributed by atoms with Crippen LogP contribution in [0.25, 0.3) is 0 Å². The summed E-state index contributed by atoms with van der Waals surface area (Å²) in [7, 11) is 0. The van der Waals surface area contributed by atoms with Crippen LogP contribution in [0.15, 0.2) is 71.7 Å². The number of anilines is 1. The van der Waals surface area contributed by atoms with E-state index in [1.54, 1.807) is 12.1 Å². The lowest BCUT2D eigenvalue weighted by Gasteiger charge is -2.13. The molecule has 3 aromatic carbocycles. The van der Waals surface area contributed by atoms with Crippen LogP contribution in [0.4, 0.5) is 28.9 Å². The highest BCUT2D eigenvalue weighted by molar-refractivity contribution is 6.33. The first-order chi connectivity index (χ1) is 16.5. The van der Waals surface area contributed by atoms with E-state index >= 15 is 0 Å². The fourth-order valence-electron chi connectivity index (χ4n) is 2.97. The van der Waals surface area contributed by atoms with Gasteiger partial charge in [0.25, 0.3) is 5.91 Å². The number of carboxylic acids is 1. The normalized spacial score (nSPS) is 11.7. The van der Waals surface area contributed by atoms with E-state index in [2.05, 4.69) is 10.3 Å². The fourth-order valence-corrected chi connectivity index (χ4v) is 3.15. The SMILES string of the molecule is N=C(CC(=Nc1ccccc1Cl)c1ccc(C(=O)Nc2ccc(F)cc2C(=O)O)cc1)C(F)(F)F. The van der Waals surface area contributed by atoms with Gasteiger partial charge >= 0.3 is 12.1 Å². The Morgan fingerprint density at radius 2 is 1.63 bits per heavy atom. The highest BCUT2D eigenvalue weighted by Gasteiger charge is 2.35. The van der Waals surface area contributed by atoms with Crippen LogP contribution in [0.2, 0.25) is 5.02 Å². The van der Waals surface area contributed by atoms with Gasteiger partial charge < -0.3 is 15.8 Å². The lowest BCUT2D eigenvalue weighted by atomic mass is 10.0. The third kappa shape index (κ3) is 6.51. The first-order valence-electron chi connectivity index (χ1n) is 9.87. The molecule has 0 radical (unpaired) electrons. The predicted octanol–water partition coefficient (Wildman–Crippen LogP) is 6.52. The van der Waals surface area contributed by atoms with E-state index in [9.17, 15) is 32.3 Å². The van der Waals surface area contributed by atoms with Gasteiger partial charge in [0, 0.05) is 12.0 Å². The van der Waals surface area contributed by atoms with E-state index in [4.69, 9.17) is 17.0 Å². The summed E-state index contributed by atoms with van der Waals surface area (Å²) in [5.41, 5.74) is -1.72. The lowest BCUT2D eigenvalue weighted by Crippen LogP contribution is -2.25. The lowest BCUT2D eigenvalue weighted by molar-refractivity contribution is -0.0605. The number of carboxylic acid groups (broad SMARTS) is 1. The minimum Gasteiger partial charge on any atom is -0.478 e. The molecule has 6 nitrogen and oxygen atoms in total. The van der Waals surface area contributed by atoms with Gasteiger partial charge in [-0.2, -0.15) is 13.2 Å². The predicted molar refractivity (Wildman–Crippen MR) is 124 cm³/mol. The molecule has 0 bridgehead atoms. The zero-order valence-electron chi connectivity index (χ0n) is 17.7. The Bertz CT molecular complexity index is 1320. The molecule has 1 amide bonds. The van der Waals surface area contributed by atoms with E-state index in [1.807, 2.05) is 0 Å². The molecular formula is C24H16ClF4N3O3. The van der Waals surface area contributed by atoms with Crippen molar-refractivity contribution in [1.82, 2.24) is 0 Å². The van der Waals surface area contributed by atoms with Gasteiger partial charge in [-0.15, -0.1) is 0 Å². The number of rotatable bonds is 7. The Morgan fingerprint density at radius 3 is 2.23 bits per heavy atom. The number of carbonyl (C=O) groups excluding carboxylic acids is 1. The van der Waals surface area contributed by atoms with Crippen LogP contribution >= 0.6 is 11.6 Å². The van der Waals surface area contributed by atoms with Gasteiger partial charge in [-0.05, 0) is 48.0 Å². The number of para-hydroxylation sites is 1. The second kappa shape index (κ2) is 10.5. The average Bonchev–Trinajstić information content (AvgIpc) is 2.80. The van der Waals surface area contributed by atoms with Crippen molar-refractivity contribution in [3.05, 3.63) is 94.3 Å². The Balaban J connectivity index is 1.91. The van der Waals surface area contributed by atoms with Gasteiger partial charge in [0.15, 0.2) is 0 Å².